The Kier molecular flexibility index (Phi) is 5.44. The van der Waals surface area contributed by atoms with Crippen LogP contribution in [0.5, 0.6) is 0 Å². The molecular formula is C14H18OS2. The van der Waals surface area contributed by atoms with E-state index in [4.69, 9.17) is 5.11 Å². The predicted molar refractivity (Wildman–Crippen MR) is 76.5 cm³/mol. The number of aliphatic hydroxyl groups is 1. The maximum absolute atomic E-state index is 8.65. The van der Waals surface area contributed by atoms with Crippen LogP contribution in [0.25, 0.3) is 0 Å². The molecule has 1 aromatic heterocycles. The first-order chi connectivity index (χ1) is 8.38. The van der Waals surface area contributed by atoms with E-state index in [0.29, 0.717) is 6.42 Å². The van der Waals surface area contributed by atoms with Crippen LogP contribution in [-0.4, -0.2) is 17.0 Å². The van der Waals surface area contributed by atoms with Crippen LogP contribution in [0.15, 0.2) is 11.4 Å². The van der Waals surface area contributed by atoms with Gasteiger partial charge in [0.05, 0.1) is 6.61 Å². The molecule has 17 heavy (non-hydrogen) atoms. The van der Waals surface area contributed by atoms with Gasteiger partial charge in [0.15, 0.2) is 0 Å². The highest BCUT2D eigenvalue weighted by Gasteiger charge is 2.15. The van der Waals surface area contributed by atoms with Gasteiger partial charge in [0.1, 0.15) is 0 Å². The van der Waals surface area contributed by atoms with Gasteiger partial charge >= 0.3 is 0 Å². The van der Waals surface area contributed by atoms with Crippen molar-refractivity contribution in [1.29, 1.82) is 0 Å². The second-order valence-electron chi connectivity index (χ2n) is 4.29. The van der Waals surface area contributed by atoms with Crippen LogP contribution < -0.4 is 0 Å². The van der Waals surface area contributed by atoms with Crippen LogP contribution >= 0.6 is 23.1 Å². The van der Waals surface area contributed by atoms with Crippen molar-refractivity contribution in [3.05, 3.63) is 21.9 Å². The number of thioether (sulfide) groups is 1. The van der Waals surface area contributed by atoms with Crippen LogP contribution in [0.4, 0.5) is 0 Å². The van der Waals surface area contributed by atoms with Gasteiger partial charge in [-0.3, -0.25) is 0 Å². The molecule has 1 aliphatic carbocycles. The largest absolute Gasteiger partial charge is 0.395 e. The topological polar surface area (TPSA) is 20.2 Å². The summed E-state index contributed by atoms with van der Waals surface area (Å²) < 4.78 is 0. The van der Waals surface area contributed by atoms with Crippen molar-refractivity contribution in [2.45, 2.75) is 43.1 Å². The number of thiophene rings is 1. The number of rotatable bonds is 4. The second kappa shape index (κ2) is 7.10. The predicted octanol–water partition coefficient (Wildman–Crippen LogP) is 3.66. The zero-order valence-corrected chi connectivity index (χ0v) is 11.6. The van der Waals surface area contributed by atoms with Gasteiger partial charge in [0.25, 0.3) is 0 Å². The van der Waals surface area contributed by atoms with Crippen molar-refractivity contribution in [2.75, 3.05) is 6.61 Å². The fourth-order valence-electron chi connectivity index (χ4n) is 2.00. The smallest absolute Gasteiger partial charge is 0.0540 e. The standard InChI is InChI=1S/C14H18OS2/c15-8-4-3-5-12-9-14(16-10-12)11-17-13-6-1-2-7-13/h9-10,13,15H,1-2,4,6-8,11H2. The minimum absolute atomic E-state index is 0.154. The molecule has 92 valence electrons. The van der Waals surface area contributed by atoms with Gasteiger partial charge in [0, 0.05) is 33.2 Å². The molecule has 1 nitrogen and oxygen atoms in total. The number of aliphatic hydroxyl groups excluding tert-OH is 1. The average molecular weight is 266 g/mol. The Morgan fingerprint density at radius 3 is 3.00 bits per heavy atom. The van der Waals surface area contributed by atoms with Crippen molar-refractivity contribution in [1.82, 2.24) is 0 Å². The molecule has 1 aliphatic rings. The van der Waals surface area contributed by atoms with Gasteiger partial charge in [-0.15, -0.1) is 11.3 Å². The Hall–Kier alpha value is -0.430. The maximum atomic E-state index is 8.65. The molecule has 0 unspecified atom stereocenters. The first-order valence-electron chi connectivity index (χ1n) is 6.17. The maximum Gasteiger partial charge on any atom is 0.0540 e. The molecule has 0 aromatic carbocycles. The van der Waals surface area contributed by atoms with Crippen LogP contribution in [0, 0.1) is 11.8 Å². The molecule has 0 saturated heterocycles. The Morgan fingerprint density at radius 2 is 2.24 bits per heavy atom. The van der Waals surface area contributed by atoms with Crippen LogP contribution in [-0.2, 0) is 5.75 Å². The Bertz CT molecular complexity index is 394. The van der Waals surface area contributed by atoms with E-state index < -0.39 is 0 Å². The minimum Gasteiger partial charge on any atom is -0.395 e. The van der Waals surface area contributed by atoms with E-state index in [-0.39, 0.29) is 6.61 Å². The number of hydrogen-bond donors (Lipinski definition) is 1. The first-order valence-corrected chi connectivity index (χ1v) is 8.10. The van der Waals surface area contributed by atoms with E-state index in [1.54, 1.807) is 11.3 Å². The van der Waals surface area contributed by atoms with Gasteiger partial charge in [-0.25, -0.2) is 0 Å². The molecular weight excluding hydrogens is 248 g/mol. The lowest BCUT2D eigenvalue weighted by molar-refractivity contribution is 0.305. The average Bonchev–Trinajstić information content (AvgIpc) is 2.98. The molecule has 0 atom stereocenters. The summed E-state index contributed by atoms with van der Waals surface area (Å²) >= 11 is 3.91. The van der Waals surface area contributed by atoms with E-state index in [0.717, 1.165) is 16.6 Å². The van der Waals surface area contributed by atoms with Gasteiger partial charge in [-0.05, 0) is 18.9 Å². The molecule has 0 radical (unpaired) electrons. The van der Waals surface area contributed by atoms with E-state index in [2.05, 4.69) is 35.0 Å². The third-order valence-electron chi connectivity index (χ3n) is 2.89. The lowest BCUT2D eigenvalue weighted by atomic mass is 10.3. The summed E-state index contributed by atoms with van der Waals surface area (Å²) in [5.74, 6) is 7.18. The Labute approximate surface area is 112 Å². The SMILES string of the molecule is OCCC#Cc1csc(CSC2CCCC2)c1. The normalized spacial score (nSPS) is 15.8. The zero-order chi connectivity index (χ0) is 11.9. The van der Waals surface area contributed by atoms with E-state index >= 15 is 0 Å². The number of hydrogen-bond acceptors (Lipinski definition) is 3. The molecule has 1 N–H and O–H groups in total. The second-order valence-corrected chi connectivity index (χ2v) is 6.58. The Morgan fingerprint density at radius 1 is 1.41 bits per heavy atom. The van der Waals surface area contributed by atoms with Crippen molar-refractivity contribution < 1.29 is 5.11 Å². The summed E-state index contributed by atoms with van der Waals surface area (Å²) in [6.07, 6.45) is 6.21. The van der Waals surface area contributed by atoms with Gasteiger partial charge in [0.2, 0.25) is 0 Å². The fourth-order valence-corrected chi connectivity index (χ4v) is 4.22. The third kappa shape index (κ3) is 4.39. The molecule has 0 amide bonds. The lowest BCUT2D eigenvalue weighted by Crippen LogP contribution is -1.93. The monoisotopic (exact) mass is 266 g/mol. The van der Waals surface area contributed by atoms with Crippen LogP contribution in [0.1, 0.15) is 42.5 Å². The molecule has 1 heterocycles. The van der Waals surface area contributed by atoms with Gasteiger partial charge < -0.3 is 5.11 Å². The summed E-state index contributed by atoms with van der Waals surface area (Å²) in [5, 5.41) is 11.7. The highest BCUT2D eigenvalue weighted by atomic mass is 32.2. The summed E-state index contributed by atoms with van der Waals surface area (Å²) in [4.78, 5) is 1.43. The molecule has 0 bridgehead atoms. The molecule has 3 heteroatoms. The molecule has 0 aliphatic heterocycles. The molecule has 0 spiro atoms. The quantitative estimate of drug-likeness (QED) is 0.839. The lowest BCUT2D eigenvalue weighted by Gasteiger charge is -2.06. The minimum atomic E-state index is 0.154. The Balaban J connectivity index is 1.79. The summed E-state index contributed by atoms with van der Waals surface area (Å²) in [6.45, 7) is 0.154. The fraction of sp³-hybridized carbons (Fsp3) is 0.571. The van der Waals surface area contributed by atoms with Gasteiger partial charge in [-0.2, -0.15) is 11.8 Å². The van der Waals surface area contributed by atoms with Crippen molar-refractivity contribution in [3.63, 3.8) is 0 Å². The van der Waals surface area contributed by atoms with Crippen molar-refractivity contribution >= 4 is 23.1 Å². The van der Waals surface area contributed by atoms with E-state index in [9.17, 15) is 0 Å². The van der Waals surface area contributed by atoms with Crippen LogP contribution in [0.3, 0.4) is 0 Å². The highest BCUT2D eigenvalue weighted by molar-refractivity contribution is 7.99. The van der Waals surface area contributed by atoms with Crippen LogP contribution in [0.2, 0.25) is 0 Å². The summed E-state index contributed by atoms with van der Waals surface area (Å²) in [7, 11) is 0. The highest BCUT2D eigenvalue weighted by Crippen LogP contribution is 2.32. The summed E-state index contributed by atoms with van der Waals surface area (Å²) in [5.41, 5.74) is 1.10. The van der Waals surface area contributed by atoms with E-state index in [1.807, 2.05) is 0 Å². The van der Waals surface area contributed by atoms with Gasteiger partial charge in [-0.1, -0.05) is 24.7 Å². The third-order valence-corrected chi connectivity index (χ3v) is 5.43. The molecule has 2 rings (SSSR count). The van der Waals surface area contributed by atoms with E-state index in [1.165, 1.54) is 30.6 Å². The first kappa shape index (κ1) is 13.0. The summed E-state index contributed by atoms with van der Waals surface area (Å²) in [6, 6.07) is 2.19. The van der Waals surface area contributed by atoms with Crippen molar-refractivity contribution in [2.24, 2.45) is 0 Å². The van der Waals surface area contributed by atoms with Crippen molar-refractivity contribution in [3.8, 4) is 11.8 Å². The zero-order valence-electron chi connectivity index (χ0n) is 9.95. The molecule has 1 saturated carbocycles. The molecule has 1 aromatic rings. The molecule has 1 fully saturated rings.